The van der Waals surface area contributed by atoms with Crippen molar-refractivity contribution in [3.8, 4) is 11.5 Å². The molecule has 1 saturated heterocycles. The molecule has 1 aliphatic heterocycles. The van der Waals surface area contributed by atoms with Crippen LogP contribution >= 0.6 is 0 Å². The van der Waals surface area contributed by atoms with Gasteiger partial charge in [0, 0.05) is 6.54 Å². The molecule has 1 aromatic rings. The molecule has 0 radical (unpaired) electrons. The van der Waals surface area contributed by atoms with Crippen LogP contribution in [0.15, 0.2) is 24.3 Å². The molecule has 3 nitrogen and oxygen atoms in total. The second-order valence-electron chi connectivity index (χ2n) is 3.64. The molecule has 1 aromatic carbocycles. The molecular formula is C12H17NO2. The van der Waals surface area contributed by atoms with Crippen molar-refractivity contribution in [3.05, 3.63) is 24.3 Å². The van der Waals surface area contributed by atoms with Gasteiger partial charge in [-0.3, -0.25) is 0 Å². The van der Waals surface area contributed by atoms with Crippen LogP contribution in [-0.4, -0.2) is 25.8 Å². The van der Waals surface area contributed by atoms with Gasteiger partial charge in [-0.05, 0) is 44.2 Å². The van der Waals surface area contributed by atoms with Gasteiger partial charge >= 0.3 is 0 Å². The fraction of sp³-hybridized carbons (Fsp3) is 0.500. The fourth-order valence-corrected chi connectivity index (χ4v) is 1.70. The Balaban J connectivity index is 1.91. The standard InChI is InChI=1S/C12H17NO2/c1-2-14-10-3-5-11(6-4-10)15-12-7-8-13-9-12/h3-6,12-13H,2,7-9H2,1H3/t12-/m1/s1. The van der Waals surface area contributed by atoms with Crippen LogP contribution in [0.4, 0.5) is 0 Å². The zero-order valence-corrected chi connectivity index (χ0v) is 9.03. The van der Waals surface area contributed by atoms with Crippen LogP contribution in [0, 0.1) is 0 Å². The molecule has 82 valence electrons. The predicted molar refractivity (Wildman–Crippen MR) is 59.5 cm³/mol. The number of nitrogens with one attached hydrogen (secondary N) is 1. The Morgan fingerprint density at radius 1 is 1.27 bits per heavy atom. The minimum atomic E-state index is 0.322. The third-order valence-electron chi connectivity index (χ3n) is 2.45. The van der Waals surface area contributed by atoms with Gasteiger partial charge in [-0.25, -0.2) is 0 Å². The fourth-order valence-electron chi connectivity index (χ4n) is 1.70. The van der Waals surface area contributed by atoms with Crippen LogP contribution in [0.2, 0.25) is 0 Å². The van der Waals surface area contributed by atoms with Crippen LogP contribution in [0.1, 0.15) is 13.3 Å². The maximum atomic E-state index is 5.79. The van der Waals surface area contributed by atoms with E-state index >= 15 is 0 Å². The van der Waals surface area contributed by atoms with E-state index < -0.39 is 0 Å². The normalized spacial score (nSPS) is 20.2. The van der Waals surface area contributed by atoms with E-state index in [0.29, 0.717) is 12.7 Å². The highest BCUT2D eigenvalue weighted by molar-refractivity contribution is 5.31. The van der Waals surface area contributed by atoms with Gasteiger partial charge in [-0.2, -0.15) is 0 Å². The van der Waals surface area contributed by atoms with E-state index in [-0.39, 0.29) is 0 Å². The lowest BCUT2D eigenvalue weighted by Crippen LogP contribution is -2.19. The number of benzene rings is 1. The van der Waals surface area contributed by atoms with Crippen molar-refractivity contribution in [1.29, 1.82) is 0 Å². The maximum absolute atomic E-state index is 5.79. The molecule has 0 amide bonds. The molecule has 0 aliphatic carbocycles. The second kappa shape index (κ2) is 5.03. The van der Waals surface area contributed by atoms with Crippen molar-refractivity contribution in [2.75, 3.05) is 19.7 Å². The van der Waals surface area contributed by atoms with Crippen molar-refractivity contribution in [2.45, 2.75) is 19.4 Å². The largest absolute Gasteiger partial charge is 0.494 e. The Morgan fingerprint density at radius 2 is 2.00 bits per heavy atom. The molecule has 1 fully saturated rings. The average molecular weight is 207 g/mol. The van der Waals surface area contributed by atoms with Gasteiger partial charge in [0.1, 0.15) is 17.6 Å². The lowest BCUT2D eigenvalue weighted by molar-refractivity contribution is 0.222. The Bertz CT molecular complexity index is 291. The van der Waals surface area contributed by atoms with Crippen LogP contribution in [0.25, 0.3) is 0 Å². The Morgan fingerprint density at radius 3 is 2.60 bits per heavy atom. The lowest BCUT2D eigenvalue weighted by Gasteiger charge is -2.12. The summed E-state index contributed by atoms with van der Waals surface area (Å²) >= 11 is 0. The third kappa shape index (κ3) is 2.86. The Kier molecular flexibility index (Phi) is 3.45. The minimum absolute atomic E-state index is 0.322. The molecule has 0 bridgehead atoms. The average Bonchev–Trinajstić information content (AvgIpc) is 2.74. The van der Waals surface area contributed by atoms with Crippen LogP contribution in [-0.2, 0) is 0 Å². The van der Waals surface area contributed by atoms with Crippen molar-refractivity contribution in [1.82, 2.24) is 5.32 Å². The molecule has 1 atom stereocenters. The molecule has 15 heavy (non-hydrogen) atoms. The smallest absolute Gasteiger partial charge is 0.120 e. The molecule has 1 N–H and O–H groups in total. The summed E-state index contributed by atoms with van der Waals surface area (Å²) in [5, 5.41) is 3.27. The summed E-state index contributed by atoms with van der Waals surface area (Å²) in [7, 11) is 0. The predicted octanol–water partition coefficient (Wildman–Crippen LogP) is 1.83. The van der Waals surface area contributed by atoms with E-state index in [0.717, 1.165) is 31.0 Å². The zero-order valence-electron chi connectivity index (χ0n) is 9.03. The van der Waals surface area contributed by atoms with Crippen LogP contribution in [0.5, 0.6) is 11.5 Å². The molecule has 1 heterocycles. The summed E-state index contributed by atoms with van der Waals surface area (Å²) in [6.45, 7) is 4.69. The van der Waals surface area contributed by atoms with E-state index in [9.17, 15) is 0 Å². The van der Waals surface area contributed by atoms with Crippen molar-refractivity contribution < 1.29 is 9.47 Å². The van der Waals surface area contributed by atoms with E-state index in [2.05, 4.69) is 5.32 Å². The zero-order chi connectivity index (χ0) is 10.5. The Hall–Kier alpha value is -1.22. The summed E-state index contributed by atoms with van der Waals surface area (Å²) in [6.07, 6.45) is 1.41. The summed E-state index contributed by atoms with van der Waals surface area (Å²) < 4.78 is 11.2. The van der Waals surface area contributed by atoms with Crippen LogP contribution in [0.3, 0.4) is 0 Å². The first-order chi connectivity index (χ1) is 7.38. The van der Waals surface area contributed by atoms with Gasteiger partial charge < -0.3 is 14.8 Å². The molecule has 1 aliphatic rings. The molecule has 3 heteroatoms. The van der Waals surface area contributed by atoms with Crippen molar-refractivity contribution >= 4 is 0 Å². The highest BCUT2D eigenvalue weighted by Crippen LogP contribution is 2.19. The molecule has 0 aromatic heterocycles. The van der Waals surface area contributed by atoms with Gasteiger partial charge in [-0.1, -0.05) is 0 Å². The Labute approximate surface area is 90.4 Å². The number of hydrogen-bond acceptors (Lipinski definition) is 3. The van der Waals surface area contributed by atoms with E-state index in [1.165, 1.54) is 0 Å². The quantitative estimate of drug-likeness (QED) is 0.817. The molecule has 2 rings (SSSR count). The monoisotopic (exact) mass is 207 g/mol. The first-order valence-corrected chi connectivity index (χ1v) is 5.48. The number of hydrogen-bond donors (Lipinski definition) is 1. The highest BCUT2D eigenvalue weighted by atomic mass is 16.5. The molecule has 0 unspecified atom stereocenters. The lowest BCUT2D eigenvalue weighted by atomic mass is 10.3. The second-order valence-corrected chi connectivity index (χ2v) is 3.64. The highest BCUT2D eigenvalue weighted by Gasteiger charge is 2.15. The van der Waals surface area contributed by atoms with Gasteiger partial charge in [0.25, 0.3) is 0 Å². The van der Waals surface area contributed by atoms with E-state index in [4.69, 9.17) is 9.47 Å². The SMILES string of the molecule is CCOc1ccc(O[C@@H]2CCNC2)cc1. The van der Waals surface area contributed by atoms with Gasteiger partial charge in [0.15, 0.2) is 0 Å². The maximum Gasteiger partial charge on any atom is 0.120 e. The van der Waals surface area contributed by atoms with Crippen molar-refractivity contribution in [3.63, 3.8) is 0 Å². The van der Waals surface area contributed by atoms with Crippen LogP contribution < -0.4 is 14.8 Å². The van der Waals surface area contributed by atoms with Gasteiger partial charge in [0.05, 0.1) is 6.61 Å². The van der Waals surface area contributed by atoms with Gasteiger partial charge in [-0.15, -0.1) is 0 Å². The topological polar surface area (TPSA) is 30.5 Å². The summed E-state index contributed by atoms with van der Waals surface area (Å²) in [4.78, 5) is 0. The van der Waals surface area contributed by atoms with Crippen molar-refractivity contribution in [2.24, 2.45) is 0 Å². The molecule has 0 spiro atoms. The first-order valence-electron chi connectivity index (χ1n) is 5.48. The third-order valence-corrected chi connectivity index (χ3v) is 2.45. The molecule has 0 saturated carbocycles. The minimum Gasteiger partial charge on any atom is -0.494 e. The first kappa shape index (κ1) is 10.3. The summed E-state index contributed by atoms with van der Waals surface area (Å²) in [5.41, 5.74) is 0. The van der Waals surface area contributed by atoms with E-state index in [1.54, 1.807) is 0 Å². The molecular weight excluding hydrogens is 190 g/mol. The van der Waals surface area contributed by atoms with Gasteiger partial charge in [0.2, 0.25) is 0 Å². The summed E-state index contributed by atoms with van der Waals surface area (Å²) in [5.74, 6) is 1.82. The van der Waals surface area contributed by atoms with E-state index in [1.807, 2.05) is 31.2 Å². The number of ether oxygens (including phenoxy) is 2. The number of rotatable bonds is 4. The summed E-state index contributed by atoms with van der Waals surface area (Å²) in [6, 6.07) is 7.81.